The number of aromatic nitrogens is 1. The standard InChI is InChI=1S/C38H34Ge2N4/c1-39(2)37(29-21-13-7-14-22-29)33(27-17-9-5-10-18-27)34(28-19-11-6-12-20-28)38(39,30-23-15-8-16-24-30)40(3,4)44-35(37)31(25-41)32(26-42)36(44)43/h5-24H,43H2,1-4H3/t37-,38-/m1/s1. The van der Waals surface area contributed by atoms with E-state index in [9.17, 15) is 10.5 Å². The van der Waals surface area contributed by atoms with Gasteiger partial charge in [0, 0.05) is 0 Å². The molecule has 0 amide bonds. The van der Waals surface area contributed by atoms with Gasteiger partial charge < -0.3 is 0 Å². The van der Waals surface area contributed by atoms with E-state index in [1.807, 2.05) is 0 Å². The second kappa shape index (κ2) is 9.89. The monoisotopic (exact) mass is 694 g/mol. The van der Waals surface area contributed by atoms with E-state index in [1.54, 1.807) is 0 Å². The van der Waals surface area contributed by atoms with E-state index in [0.29, 0.717) is 16.9 Å². The van der Waals surface area contributed by atoms with Gasteiger partial charge in [-0.1, -0.05) is 0 Å². The van der Waals surface area contributed by atoms with Crippen molar-refractivity contribution in [3.63, 3.8) is 0 Å². The number of rotatable bonds is 4. The van der Waals surface area contributed by atoms with Crippen LogP contribution in [-0.2, 0) is 7.33 Å². The molecular weight excluding hydrogens is 658 g/mol. The quantitative estimate of drug-likeness (QED) is 0.194. The summed E-state index contributed by atoms with van der Waals surface area (Å²) in [5.41, 5.74) is 16.3. The van der Waals surface area contributed by atoms with E-state index >= 15 is 0 Å². The Labute approximate surface area is 265 Å². The van der Waals surface area contributed by atoms with E-state index in [2.05, 4.69) is 160 Å². The molecule has 1 aromatic heterocycles. The molecular formula is C38H34Ge2N4. The Bertz CT molecular complexity index is 2030. The molecule has 0 unspecified atom stereocenters. The van der Waals surface area contributed by atoms with Crippen LogP contribution in [0, 0.1) is 22.7 Å². The van der Waals surface area contributed by atoms with Crippen LogP contribution in [-0.4, -0.2) is 30.3 Å². The fourth-order valence-electron chi connectivity index (χ4n) is 9.49. The van der Waals surface area contributed by atoms with Gasteiger partial charge in [-0.25, -0.2) is 0 Å². The molecule has 0 saturated carbocycles. The SMILES string of the molecule is [CH3][Ge]1([CH3])[n]2c(N)c(C#N)c(C#N)c2[C@@]2(c3ccccc3)C(c3ccccc3)=C(c3ccccc3)[C@]1(c1ccccc1)[Ge]2([CH3])[CH3]. The molecule has 0 fully saturated rings. The van der Waals surface area contributed by atoms with Gasteiger partial charge in [0.15, 0.2) is 0 Å². The van der Waals surface area contributed by atoms with Crippen LogP contribution in [0.25, 0.3) is 11.1 Å². The first-order chi connectivity index (χ1) is 21.2. The second-order valence-electron chi connectivity index (χ2n) is 12.9. The Morgan fingerprint density at radius 2 is 1.02 bits per heavy atom. The molecule has 2 N–H and O–H groups in total. The summed E-state index contributed by atoms with van der Waals surface area (Å²) in [5, 5.41) is 21.5. The van der Waals surface area contributed by atoms with Crippen LogP contribution in [0.15, 0.2) is 121 Å². The summed E-state index contributed by atoms with van der Waals surface area (Å²) in [6.07, 6.45) is 0. The van der Waals surface area contributed by atoms with Gasteiger partial charge in [-0.2, -0.15) is 0 Å². The second-order valence-corrected chi connectivity index (χ2v) is 34.2. The van der Waals surface area contributed by atoms with Crippen LogP contribution in [0.5, 0.6) is 0 Å². The summed E-state index contributed by atoms with van der Waals surface area (Å²) in [6, 6.07) is 48.5. The van der Waals surface area contributed by atoms with Gasteiger partial charge in [0.2, 0.25) is 0 Å². The molecule has 7 rings (SSSR count). The van der Waals surface area contributed by atoms with Gasteiger partial charge in [-0.3, -0.25) is 0 Å². The Balaban J connectivity index is 1.89. The molecule has 44 heavy (non-hydrogen) atoms. The predicted octanol–water partition coefficient (Wildman–Crippen LogP) is 8.06. The summed E-state index contributed by atoms with van der Waals surface area (Å²) in [6.45, 7) is 0. The molecule has 0 aliphatic carbocycles. The third kappa shape index (κ3) is 3.18. The number of nitrogens with two attached hydrogens (primary N) is 1. The average Bonchev–Trinajstić information content (AvgIpc) is 3.43. The zero-order valence-electron chi connectivity index (χ0n) is 25.5. The third-order valence-electron chi connectivity index (χ3n) is 10.7. The molecule has 2 aliphatic rings. The van der Waals surface area contributed by atoms with Gasteiger partial charge in [-0.15, -0.1) is 0 Å². The molecule has 0 spiro atoms. The van der Waals surface area contributed by atoms with Crippen LogP contribution in [0.2, 0.25) is 23.0 Å². The molecule has 4 nitrogen and oxygen atoms in total. The van der Waals surface area contributed by atoms with E-state index in [-0.39, 0.29) is 3.08 Å². The van der Waals surface area contributed by atoms with Crippen LogP contribution in [0.3, 0.4) is 0 Å². The van der Waals surface area contributed by atoms with E-state index < -0.39 is 31.0 Å². The topological polar surface area (TPSA) is 78.5 Å². The molecule has 0 radical (unpaired) electrons. The number of anilines is 1. The van der Waals surface area contributed by atoms with Gasteiger partial charge in [0.05, 0.1) is 0 Å². The predicted molar refractivity (Wildman–Crippen MR) is 184 cm³/mol. The summed E-state index contributed by atoms with van der Waals surface area (Å²) in [7, 11) is 0. The van der Waals surface area contributed by atoms with Crippen molar-refractivity contribution in [3.8, 4) is 12.1 Å². The molecule has 2 aliphatic heterocycles. The first-order valence-corrected chi connectivity index (χ1v) is 27.5. The van der Waals surface area contributed by atoms with Crippen molar-refractivity contribution >= 4 is 43.7 Å². The Hall–Kier alpha value is -4.23. The average molecular weight is 692 g/mol. The number of allylic oxidation sites excluding steroid dienone is 2. The maximum atomic E-state index is 10.9. The van der Waals surface area contributed by atoms with E-state index in [1.165, 1.54) is 27.8 Å². The van der Waals surface area contributed by atoms with Gasteiger partial charge in [0.1, 0.15) is 0 Å². The summed E-state index contributed by atoms with van der Waals surface area (Å²) >= 11 is -7.08. The van der Waals surface area contributed by atoms with E-state index in [4.69, 9.17) is 5.73 Å². The molecule has 3 heterocycles. The van der Waals surface area contributed by atoms with Crippen molar-refractivity contribution in [2.45, 2.75) is 30.4 Å². The zero-order chi connectivity index (χ0) is 30.9. The summed E-state index contributed by atoms with van der Waals surface area (Å²) in [5.74, 6) is 10.6. The Morgan fingerprint density at radius 3 is 1.50 bits per heavy atom. The number of hydrogen-bond donors (Lipinski definition) is 1. The summed E-state index contributed by atoms with van der Waals surface area (Å²) in [4.78, 5) is 0. The first-order valence-electron chi connectivity index (χ1n) is 15.0. The molecule has 4 aromatic carbocycles. The van der Waals surface area contributed by atoms with Gasteiger partial charge >= 0.3 is 266 Å². The van der Waals surface area contributed by atoms with Gasteiger partial charge in [-0.05, 0) is 0 Å². The van der Waals surface area contributed by atoms with Crippen molar-refractivity contribution in [2.24, 2.45) is 0 Å². The van der Waals surface area contributed by atoms with Crippen molar-refractivity contribution in [3.05, 3.63) is 160 Å². The molecule has 6 heteroatoms. The molecule has 0 saturated heterocycles. The van der Waals surface area contributed by atoms with Crippen LogP contribution >= 0.6 is 0 Å². The third-order valence-corrected chi connectivity index (χ3v) is 43.1. The fourth-order valence-corrected chi connectivity index (χ4v) is 51.2. The molecule has 2 bridgehead atoms. The Kier molecular flexibility index (Phi) is 6.41. The van der Waals surface area contributed by atoms with Crippen molar-refractivity contribution < 1.29 is 0 Å². The number of fused-ring (bicyclic) bond motifs is 4. The van der Waals surface area contributed by atoms with Crippen LogP contribution in [0.1, 0.15) is 39.1 Å². The van der Waals surface area contributed by atoms with Gasteiger partial charge in [0.25, 0.3) is 0 Å². The number of nitriles is 2. The van der Waals surface area contributed by atoms with Crippen molar-refractivity contribution in [1.29, 1.82) is 10.5 Å². The van der Waals surface area contributed by atoms with Crippen molar-refractivity contribution in [1.82, 2.24) is 3.52 Å². The Morgan fingerprint density at radius 1 is 0.591 bits per heavy atom. The van der Waals surface area contributed by atoms with E-state index in [0.717, 1.165) is 11.3 Å². The minimum absolute atomic E-state index is 0.302. The molecule has 5 aromatic rings. The fraction of sp³-hybridized carbons (Fsp3) is 0.158. The minimum atomic E-state index is -3.55. The van der Waals surface area contributed by atoms with Crippen LogP contribution < -0.4 is 5.73 Å². The number of hydrogen-bond acceptors (Lipinski definition) is 3. The number of nitrogen functional groups attached to an aromatic ring is 1. The number of benzene rings is 4. The number of nitrogens with zero attached hydrogens (tertiary/aromatic N) is 3. The zero-order valence-corrected chi connectivity index (χ0v) is 29.7. The molecule has 2 atom stereocenters. The summed E-state index contributed by atoms with van der Waals surface area (Å²) < 4.78 is 1.44. The molecule has 214 valence electrons. The normalized spacial score (nSPS) is 22.6. The van der Waals surface area contributed by atoms with Crippen LogP contribution in [0.4, 0.5) is 5.82 Å². The maximum absolute atomic E-state index is 10.9. The first kappa shape index (κ1) is 28.5. The van der Waals surface area contributed by atoms with Crippen molar-refractivity contribution in [2.75, 3.05) is 5.73 Å².